The van der Waals surface area contributed by atoms with Crippen molar-refractivity contribution < 1.29 is 0 Å². The Kier molecular flexibility index (Phi) is 3.88. The Balaban J connectivity index is 1.89. The second-order valence-corrected chi connectivity index (χ2v) is 5.69. The zero-order valence-corrected chi connectivity index (χ0v) is 12.4. The normalized spacial score (nSPS) is 14.3. The summed E-state index contributed by atoms with van der Waals surface area (Å²) in [5, 5.41) is 7.86. The molecule has 20 heavy (non-hydrogen) atoms. The van der Waals surface area contributed by atoms with E-state index in [1.165, 1.54) is 48.1 Å². The van der Waals surface area contributed by atoms with Crippen LogP contribution in [0.25, 0.3) is 11.3 Å². The molecule has 0 unspecified atom stereocenters. The Morgan fingerprint density at radius 2 is 1.95 bits per heavy atom. The van der Waals surface area contributed by atoms with Crippen LogP contribution < -0.4 is 5.32 Å². The third-order valence-corrected chi connectivity index (χ3v) is 4.25. The van der Waals surface area contributed by atoms with E-state index in [9.17, 15) is 0 Å². The Hall–Kier alpha value is -1.61. The number of nitrogens with one attached hydrogen (secondary N) is 1. The van der Waals surface area contributed by atoms with Gasteiger partial charge in [0.1, 0.15) is 0 Å². The first-order valence-electron chi connectivity index (χ1n) is 7.57. The van der Waals surface area contributed by atoms with Crippen molar-refractivity contribution in [1.82, 2.24) is 15.1 Å². The van der Waals surface area contributed by atoms with Gasteiger partial charge in [-0.3, -0.25) is 4.68 Å². The maximum Gasteiger partial charge on any atom is 0.0926 e. The molecular weight excluding hydrogens is 246 g/mol. The molecule has 0 bridgehead atoms. The zero-order valence-electron chi connectivity index (χ0n) is 12.4. The molecule has 3 heteroatoms. The van der Waals surface area contributed by atoms with Crippen LogP contribution in [-0.4, -0.2) is 23.4 Å². The summed E-state index contributed by atoms with van der Waals surface area (Å²) < 4.78 is 2.01. The number of benzene rings is 1. The largest absolute Gasteiger partial charge is 0.319 e. The molecular formula is C17H23N3. The Morgan fingerprint density at radius 3 is 2.75 bits per heavy atom. The fourth-order valence-corrected chi connectivity index (χ4v) is 3.03. The van der Waals surface area contributed by atoms with Crippen LogP contribution in [0.2, 0.25) is 0 Å². The summed E-state index contributed by atoms with van der Waals surface area (Å²) in [4.78, 5) is 0. The molecule has 2 aromatic rings. The molecule has 0 saturated carbocycles. The maximum atomic E-state index is 4.67. The van der Waals surface area contributed by atoms with Gasteiger partial charge in [-0.15, -0.1) is 0 Å². The van der Waals surface area contributed by atoms with Gasteiger partial charge in [0.05, 0.1) is 5.69 Å². The van der Waals surface area contributed by atoms with Gasteiger partial charge >= 0.3 is 0 Å². The van der Waals surface area contributed by atoms with E-state index in [0.717, 1.165) is 18.7 Å². The van der Waals surface area contributed by atoms with Crippen LogP contribution in [0.1, 0.15) is 29.7 Å². The SMILES string of the molecule is CNCCc1cc(-c2ccc3c(c2)CCCC3)nn1C. The van der Waals surface area contributed by atoms with Crippen LogP contribution in [0.5, 0.6) is 0 Å². The molecule has 1 aliphatic rings. The lowest BCUT2D eigenvalue weighted by atomic mass is 9.90. The summed E-state index contributed by atoms with van der Waals surface area (Å²) in [7, 11) is 4.02. The lowest BCUT2D eigenvalue weighted by Gasteiger charge is -2.15. The topological polar surface area (TPSA) is 29.9 Å². The van der Waals surface area contributed by atoms with Gasteiger partial charge in [0, 0.05) is 31.3 Å². The first-order chi connectivity index (χ1) is 9.78. The van der Waals surface area contributed by atoms with E-state index >= 15 is 0 Å². The van der Waals surface area contributed by atoms with Gasteiger partial charge < -0.3 is 5.32 Å². The molecule has 0 radical (unpaired) electrons. The molecule has 106 valence electrons. The van der Waals surface area contributed by atoms with Crippen molar-refractivity contribution in [3.63, 3.8) is 0 Å². The minimum absolute atomic E-state index is 0.989. The van der Waals surface area contributed by atoms with Crippen LogP contribution in [0, 0.1) is 0 Å². The predicted octanol–water partition coefficient (Wildman–Crippen LogP) is 2.73. The second-order valence-electron chi connectivity index (χ2n) is 5.69. The fourth-order valence-electron chi connectivity index (χ4n) is 3.03. The Bertz CT molecular complexity index is 598. The number of aryl methyl sites for hydroxylation is 3. The van der Waals surface area contributed by atoms with Gasteiger partial charge in [0.2, 0.25) is 0 Å². The molecule has 1 aromatic carbocycles. The van der Waals surface area contributed by atoms with E-state index in [2.05, 4.69) is 34.7 Å². The summed E-state index contributed by atoms with van der Waals surface area (Å²) in [6.07, 6.45) is 6.15. The first-order valence-corrected chi connectivity index (χ1v) is 7.57. The van der Waals surface area contributed by atoms with Gasteiger partial charge in [0.25, 0.3) is 0 Å². The van der Waals surface area contributed by atoms with Crippen molar-refractivity contribution in [3.05, 3.63) is 41.1 Å². The molecule has 0 fully saturated rings. The minimum Gasteiger partial charge on any atom is -0.319 e. The number of likely N-dealkylation sites (N-methyl/N-ethyl adjacent to an activating group) is 1. The monoisotopic (exact) mass is 269 g/mol. The third kappa shape index (κ3) is 2.63. The van der Waals surface area contributed by atoms with E-state index in [4.69, 9.17) is 0 Å². The molecule has 3 rings (SSSR count). The van der Waals surface area contributed by atoms with Crippen molar-refractivity contribution in [2.45, 2.75) is 32.1 Å². The van der Waals surface area contributed by atoms with E-state index < -0.39 is 0 Å². The van der Waals surface area contributed by atoms with Crippen LogP contribution in [-0.2, 0) is 26.3 Å². The van der Waals surface area contributed by atoms with E-state index in [-0.39, 0.29) is 0 Å². The fraction of sp³-hybridized carbons (Fsp3) is 0.471. The van der Waals surface area contributed by atoms with Crippen LogP contribution in [0.3, 0.4) is 0 Å². The number of hydrogen-bond donors (Lipinski definition) is 1. The number of fused-ring (bicyclic) bond motifs is 1. The van der Waals surface area contributed by atoms with Gasteiger partial charge in [0.15, 0.2) is 0 Å². The smallest absolute Gasteiger partial charge is 0.0926 e. The summed E-state index contributed by atoms with van der Waals surface area (Å²) >= 11 is 0. The number of aromatic nitrogens is 2. The molecule has 0 aliphatic heterocycles. The van der Waals surface area contributed by atoms with Crippen molar-refractivity contribution in [3.8, 4) is 11.3 Å². The van der Waals surface area contributed by atoms with E-state index in [1.54, 1.807) is 0 Å². The lowest BCUT2D eigenvalue weighted by Crippen LogP contribution is -2.12. The molecule has 1 heterocycles. The van der Waals surface area contributed by atoms with Crippen molar-refractivity contribution in [1.29, 1.82) is 0 Å². The van der Waals surface area contributed by atoms with E-state index in [1.807, 2.05) is 18.8 Å². The summed E-state index contributed by atoms with van der Waals surface area (Å²) in [6, 6.07) is 9.10. The van der Waals surface area contributed by atoms with Crippen LogP contribution in [0.4, 0.5) is 0 Å². The highest BCUT2D eigenvalue weighted by Crippen LogP contribution is 2.27. The average Bonchev–Trinajstić information content (AvgIpc) is 2.86. The second kappa shape index (κ2) is 5.80. The number of nitrogens with zero attached hydrogens (tertiary/aromatic N) is 2. The Morgan fingerprint density at radius 1 is 1.15 bits per heavy atom. The number of rotatable bonds is 4. The molecule has 1 aromatic heterocycles. The van der Waals surface area contributed by atoms with Crippen molar-refractivity contribution in [2.75, 3.05) is 13.6 Å². The van der Waals surface area contributed by atoms with Gasteiger partial charge in [-0.2, -0.15) is 5.10 Å². The van der Waals surface area contributed by atoms with Crippen LogP contribution in [0.15, 0.2) is 24.3 Å². The molecule has 0 saturated heterocycles. The quantitative estimate of drug-likeness (QED) is 0.925. The highest BCUT2D eigenvalue weighted by Gasteiger charge is 2.12. The molecule has 3 nitrogen and oxygen atoms in total. The van der Waals surface area contributed by atoms with Gasteiger partial charge in [-0.1, -0.05) is 12.1 Å². The highest BCUT2D eigenvalue weighted by atomic mass is 15.3. The minimum atomic E-state index is 0.989. The summed E-state index contributed by atoms with van der Waals surface area (Å²) in [6.45, 7) is 0.989. The third-order valence-electron chi connectivity index (χ3n) is 4.25. The molecule has 0 amide bonds. The van der Waals surface area contributed by atoms with E-state index in [0.29, 0.717) is 0 Å². The number of hydrogen-bond acceptors (Lipinski definition) is 2. The molecule has 1 aliphatic carbocycles. The predicted molar refractivity (Wildman–Crippen MR) is 82.9 cm³/mol. The van der Waals surface area contributed by atoms with Crippen LogP contribution >= 0.6 is 0 Å². The van der Waals surface area contributed by atoms with Crippen molar-refractivity contribution >= 4 is 0 Å². The summed E-state index contributed by atoms with van der Waals surface area (Å²) in [5.41, 5.74) is 6.71. The standard InChI is InChI=1S/C17H23N3/c1-18-10-9-16-12-17(19-20(16)2)15-8-7-13-5-3-4-6-14(13)11-15/h7-8,11-12,18H,3-6,9-10H2,1-2H3. The maximum absolute atomic E-state index is 4.67. The Labute approximate surface area is 121 Å². The highest BCUT2D eigenvalue weighted by molar-refractivity contribution is 5.61. The molecule has 0 atom stereocenters. The molecule has 0 spiro atoms. The lowest BCUT2D eigenvalue weighted by molar-refractivity contribution is 0.681. The summed E-state index contributed by atoms with van der Waals surface area (Å²) in [5.74, 6) is 0. The first kappa shape index (κ1) is 13.4. The molecule has 1 N–H and O–H groups in total. The average molecular weight is 269 g/mol. The zero-order chi connectivity index (χ0) is 13.9. The van der Waals surface area contributed by atoms with Crippen molar-refractivity contribution in [2.24, 2.45) is 7.05 Å². The van der Waals surface area contributed by atoms with Gasteiger partial charge in [-0.05, 0) is 56.0 Å². The van der Waals surface area contributed by atoms with Gasteiger partial charge in [-0.25, -0.2) is 0 Å².